The summed E-state index contributed by atoms with van der Waals surface area (Å²) in [7, 11) is 3.92. The lowest BCUT2D eigenvalue weighted by Gasteiger charge is -2.42. The molecule has 1 amide bonds. The lowest BCUT2D eigenvalue weighted by atomic mass is 9.85. The third-order valence-electron chi connectivity index (χ3n) is 5.56. The molecule has 3 atom stereocenters. The molecule has 1 fully saturated rings. The third-order valence-corrected chi connectivity index (χ3v) is 6.61. The largest absolute Gasteiger partial charge is 0.345 e. The fourth-order valence-corrected chi connectivity index (χ4v) is 4.98. The summed E-state index contributed by atoms with van der Waals surface area (Å²) < 4.78 is 1.88. The van der Waals surface area contributed by atoms with Crippen LogP contribution in [-0.2, 0) is 11.8 Å². The van der Waals surface area contributed by atoms with Crippen LogP contribution in [0, 0.1) is 5.92 Å². The van der Waals surface area contributed by atoms with Gasteiger partial charge in [-0.1, -0.05) is 13.0 Å². The second kappa shape index (κ2) is 8.35. The van der Waals surface area contributed by atoms with Gasteiger partial charge in [0.05, 0.1) is 12.1 Å². The van der Waals surface area contributed by atoms with Crippen LogP contribution in [0.2, 0.25) is 0 Å². The zero-order chi connectivity index (χ0) is 18.7. The number of carbonyl (C=O) groups excluding carboxylic acids is 1. The Morgan fingerprint density at radius 2 is 2.31 bits per heavy atom. The highest BCUT2D eigenvalue weighted by Gasteiger charge is 2.34. The van der Waals surface area contributed by atoms with Gasteiger partial charge < -0.3 is 4.90 Å². The minimum atomic E-state index is -0.0669. The molecule has 5 nitrogen and oxygen atoms in total. The Bertz CT molecular complexity index is 711. The molecule has 6 heteroatoms. The van der Waals surface area contributed by atoms with Crippen LogP contribution in [0.5, 0.6) is 0 Å². The van der Waals surface area contributed by atoms with Gasteiger partial charge in [0.15, 0.2) is 0 Å². The van der Waals surface area contributed by atoms with E-state index in [1.807, 2.05) is 48.2 Å². The number of aryl methyl sites for hydroxylation is 1. The summed E-state index contributed by atoms with van der Waals surface area (Å²) in [5, 5.41) is 6.42. The van der Waals surface area contributed by atoms with Gasteiger partial charge in [0, 0.05) is 43.3 Å². The molecule has 1 aliphatic heterocycles. The van der Waals surface area contributed by atoms with E-state index in [9.17, 15) is 4.79 Å². The number of piperidine rings is 1. The summed E-state index contributed by atoms with van der Waals surface area (Å²) in [5.41, 5.74) is 1.27. The number of hydrogen-bond donors (Lipinski definition) is 0. The molecule has 0 saturated carbocycles. The average Bonchev–Trinajstić information content (AvgIpc) is 3.32. The minimum Gasteiger partial charge on any atom is -0.345 e. The molecule has 0 spiro atoms. The standard InChI is InChI=1S/C20H30N4OS/c1-5-24-10-6-8-16(19(24)17-12-21-23(4)14-17)13-22(3)20(25)15(2)18-9-7-11-26-18/h7,9,11-12,14-16,19H,5-6,8,10,13H2,1-4H3/t15-,16-,19+/m0/s1. The highest BCUT2D eigenvalue weighted by atomic mass is 32.1. The smallest absolute Gasteiger partial charge is 0.230 e. The third kappa shape index (κ3) is 4.01. The van der Waals surface area contributed by atoms with Crippen molar-refractivity contribution >= 4 is 17.2 Å². The van der Waals surface area contributed by atoms with Crippen LogP contribution in [0.25, 0.3) is 0 Å². The van der Waals surface area contributed by atoms with Crippen molar-refractivity contribution < 1.29 is 4.79 Å². The molecule has 3 rings (SSSR count). The normalized spacial score (nSPS) is 22.3. The van der Waals surface area contributed by atoms with Crippen LogP contribution < -0.4 is 0 Å². The summed E-state index contributed by atoms with van der Waals surface area (Å²) in [6.07, 6.45) is 6.46. The maximum absolute atomic E-state index is 12.9. The monoisotopic (exact) mass is 374 g/mol. The van der Waals surface area contributed by atoms with Crippen LogP contribution >= 0.6 is 11.3 Å². The predicted molar refractivity (Wildman–Crippen MR) is 106 cm³/mol. The van der Waals surface area contributed by atoms with Gasteiger partial charge in [0.25, 0.3) is 0 Å². The number of likely N-dealkylation sites (N-methyl/N-ethyl adjacent to an activating group) is 1. The highest BCUT2D eigenvalue weighted by molar-refractivity contribution is 7.10. The quantitative estimate of drug-likeness (QED) is 0.777. The molecule has 2 aromatic heterocycles. The summed E-state index contributed by atoms with van der Waals surface area (Å²) in [6, 6.07) is 4.41. The Balaban J connectivity index is 1.74. The lowest BCUT2D eigenvalue weighted by Crippen LogP contribution is -2.44. The second-order valence-corrected chi connectivity index (χ2v) is 8.36. The topological polar surface area (TPSA) is 41.4 Å². The van der Waals surface area contributed by atoms with Crippen LogP contribution in [0.1, 0.15) is 49.1 Å². The first-order valence-corrected chi connectivity index (χ1v) is 10.4. The Hall–Kier alpha value is -1.66. The van der Waals surface area contributed by atoms with E-state index in [0.717, 1.165) is 30.9 Å². The summed E-state index contributed by atoms with van der Waals surface area (Å²) in [6.45, 7) is 7.18. The van der Waals surface area contributed by atoms with Crippen LogP contribution in [-0.4, -0.2) is 52.2 Å². The van der Waals surface area contributed by atoms with Gasteiger partial charge in [-0.05, 0) is 50.2 Å². The number of nitrogens with zero attached hydrogens (tertiary/aromatic N) is 4. The van der Waals surface area contributed by atoms with Crippen molar-refractivity contribution in [2.75, 3.05) is 26.7 Å². The summed E-state index contributed by atoms with van der Waals surface area (Å²) >= 11 is 1.66. The van der Waals surface area contributed by atoms with Crippen LogP contribution in [0.4, 0.5) is 0 Å². The van der Waals surface area contributed by atoms with Crippen LogP contribution in [0.15, 0.2) is 29.9 Å². The van der Waals surface area contributed by atoms with Gasteiger partial charge in [-0.25, -0.2) is 0 Å². The van der Waals surface area contributed by atoms with Gasteiger partial charge in [-0.3, -0.25) is 14.4 Å². The van der Waals surface area contributed by atoms with E-state index >= 15 is 0 Å². The lowest BCUT2D eigenvalue weighted by molar-refractivity contribution is -0.132. The van der Waals surface area contributed by atoms with Crippen molar-refractivity contribution in [2.45, 2.75) is 38.6 Å². The van der Waals surface area contributed by atoms with Crippen molar-refractivity contribution in [2.24, 2.45) is 13.0 Å². The molecule has 26 heavy (non-hydrogen) atoms. The van der Waals surface area contributed by atoms with Crippen molar-refractivity contribution in [3.05, 3.63) is 40.3 Å². The first-order chi connectivity index (χ1) is 12.5. The Labute approximate surface area is 160 Å². The molecule has 0 aromatic carbocycles. The first kappa shape index (κ1) is 19.1. The fraction of sp³-hybridized carbons (Fsp3) is 0.600. The second-order valence-electron chi connectivity index (χ2n) is 7.38. The van der Waals surface area contributed by atoms with E-state index < -0.39 is 0 Å². The molecular weight excluding hydrogens is 344 g/mol. The van der Waals surface area contributed by atoms with E-state index in [0.29, 0.717) is 12.0 Å². The Morgan fingerprint density at radius 1 is 1.50 bits per heavy atom. The number of likely N-dealkylation sites (tertiary alicyclic amines) is 1. The first-order valence-electron chi connectivity index (χ1n) is 9.52. The van der Waals surface area contributed by atoms with Gasteiger partial charge in [-0.15, -0.1) is 11.3 Å². The highest BCUT2D eigenvalue weighted by Crippen LogP contribution is 2.36. The van der Waals surface area contributed by atoms with Crippen molar-refractivity contribution in [3.63, 3.8) is 0 Å². The molecule has 0 aliphatic carbocycles. The maximum atomic E-state index is 12.9. The SMILES string of the molecule is CCN1CCC[C@@H](CN(C)C(=O)[C@@H](C)c2cccs2)[C@@H]1c1cnn(C)c1. The van der Waals surface area contributed by atoms with Crippen molar-refractivity contribution in [1.29, 1.82) is 0 Å². The summed E-state index contributed by atoms with van der Waals surface area (Å²) in [5.74, 6) is 0.589. The number of amides is 1. The van der Waals surface area contributed by atoms with E-state index in [4.69, 9.17) is 0 Å². The zero-order valence-corrected chi connectivity index (χ0v) is 17.1. The molecule has 0 unspecified atom stereocenters. The van der Waals surface area contributed by atoms with E-state index in [-0.39, 0.29) is 11.8 Å². The number of carbonyl (C=O) groups is 1. The number of thiophene rings is 1. The number of hydrogen-bond acceptors (Lipinski definition) is 4. The summed E-state index contributed by atoms with van der Waals surface area (Å²) in [4.78, 5) is 18.5. The molecule has 3 heterocycles. The molecule has 0 N–H and O–H groups in total. The molecule has 142 valence electrons. The molecule has 2 aromatic rings. The van der Waals surface area contributed by atoms with Gasteiger partial charge in [-0.2, -0.15) is 5.10 Å². The molecule has 1 aliphatic rings. The Kier molecular flexibility index (Phi) is 6.14. The van der Waals surface area contributed by atoms with Crippen LogP contribution in [0.3, 0.4) is 0 Å². The van der Waals surface area contributed by atoms with Crippen molar-refractivity contribution in [3.8, 4) is 0 Å². The van der Waals surface area contributed by atoms with Gasteiger partial charge in [0.2, 0.25) is 5.91 Å². The molecule has 0 bridgehead atoms. The molecule has 0 radical (unpaired) electrons. The minimum absolute atomic E-state index is 0.0669. The fourth-order valence-electron chi connectivity index (χ4n) is 4.21. The van der Waals surface area contributed by atoms with E-state index in [2.05, 4.69) is 29.2 Å². The molecule has 1 saturated heterocycles. The van der Waals surface area contributed by atoms with Gasteiger partial charge >= 0.3 is 0 Å². The maximum Gasteiger partial charge on any atom is 0.230 e. The molecular formula is C20H30N4OS. The predicted octanol–water partition coefficient (Wildman–Crippen LogP) is 3.52. The number of aromatic nitrogens is 2. The van der Waals surface area contributed by atoms with Crippen molar-refractivity contribution in [1.82, 2.24) is 19.6 Å². The average molecular weight is 375 g/mol. The van der Waals surface area contributed by atoms with Gasteiger partial charge in [0.1, 0.15) is 0 Å². The zero-order valence-electron chi connectivity index (χ0n) is 16.3. The Morgan fingerprint density at radius 3 is 2.92 bits per heavy atom. The van der Waals surface area contributed by atoms with E-state index in [1.54, 1.807) is 11.3 Å². The van der Waals surface area contributed by atoms with E-state index in [1.165, 1.54) is 12.0 Å². The number of rotatable bonds is 6.